The summed E-state index contributed by atoms with van der Waals surface area (Å²) >= 11 is 0. The van der Waals surface area contributed by atoms with Gasteiger partial charge in [-0.05, 0) is 25.0 Å². The Morgan fingerprint density at radius 3 is 2.53 bits per heavy atom. The molecule has 0 saturated carbocycles. The fraction of sp³-hybridized carbons (Fsp3) is 0.583. The molecule has 0 saturated heterocycles. The van der Waals surface area contributed by atoms with Crippen LogP contribution in [0.15, 0.2) is 23.4 Å². The smallest absolute Gasteiger partial charge is 0.261 e. The lowest BCUT2D eigenvalue weighted by Gasteiger charge is -2.29. The predicted octanol–water partition coefficient (Wildman–Crippen LogP) is 1.30. The van der Waals surface area contributed by atoms with Crippen molar-refractivity contribution in [3.8, 4) is 0 Å². The van der Waals surface area contributed by atoms with Crippen molar-refractivity contribution < 1.29 is 17.9 Å². The van der Waals surface area contributed by atoms with Gasteiger partial charge in [0.25, 0.3) is 10.0 Å². The first-order valence-electron chi connectivity index (χ1n) is 6.12. The summed E-state index contributed by atoms with van der Waals surface area (Å²) in [6.07, 6.45) is 2.46. The fourth-order valence-corrected chi connectivity index (χ4v) is 2.82. The van der Waals surface area contributed by atoms with Gasteiger partial charge in [0.05, 0.1) is 0 Å². The van der Waals surface area contributed by atoms with Gasteiger partial charge in [-0.1, -0.05) is 13.8 Å². The lowest BCUT2D eigenvalue weighted by atomic mass is 9.84. The van der Waals surface area contributed by atoms with Gasteiger partial charge in [0.15, 0.2) is 5.82 Å². The fourth-order valence-electron chi connectivity index (χ4n) is 1.66. The summed E-state index contributed by atoms with van der Waals surface area (Å²) in [7, 11) is -4.00. The summed E-state index contributed by atoms with van der Waals surface area (Å²) in [6.45, 7) is 3.66. The highest BCUT2D eigenvalue weighted by atomic mass is 32.2. The summed E-state index contributed by atoms with van der Waals surface area (Å²) in [6, 6.07) is 2.37. The third-order valence-electron chi connectivity index (χ3n) is 3.45. The Morgan fingerprint density at radius 1 is 1.42 bits per heavy atom. The summed E-state index contributed by atoms with van der Waals surface area (Å²) < 4.78 is 39.6. The molecule has 0 spiro atoms. The summed E-state index contributed by atoms with van der Waals surface area (Å²) in [5, 5.41) is 8.76. The molecule has 5 nitrogen and oxygen atoms in total. The van der Waals surface area contributed by atoms with E-state index < -0.39 is 26.3 Å². The van der Waals surface area contributed by atoms with E-state index in [0.29, 0.717) is 12.8 Å². The third-order valence-corrected chi connectivity index (χ3v) is 4.79. The SMILES string of the molecule is CCC(CC)(CO)CNS(=O)(=O)c1ncccc1F. The first kappa shape index (κ1) is 16.0. The van der Waals surface area contributed by atoms with E-state index in [1.54, 1.807) is 0 Å². The highest BCUT2D eigenvalue weighted by molar-refractivity contribution is 7.89. The zero-order valence-corrected chi connectivity index (χ0v) is 11.9. The van der Waals surface area contributed by atoms with E-state index >= 15 is 0 Å². The molecule has 2 N–H and O–H groups in total. The lowest BCUT2D eigenvalue weighted by Crippen LogP contribution is -2.39. The number of nitrogens with zero attached hydrogens (tertiary/aromatic N) is 1. The van der Waals surface area contributed by atoms with Crippen molar-refractivity contribution in [1.29, 1.82) is 0 Å². The average Bonchev–Trinajstić information content (AvgIpc) is 2.41. The van der Waals surface area contributed by atoms with Crippen molar-refractivity contribution in [2.75, 3.05) is 13.2 Å². The van der Waals surface area contributed by atoms with Gasteiger partial charge in [-0.3, -0.25) is 0 Å². The average molecular weight is 290 g/mol. The number of aliphatic hydroxyl groups is 1. The van der Waals surface area contributed by atoms with E-state index in [9.17, 15) is 17.9 Å². The maximum absolute atomic E-state index is 13.4. The normalized spacial score (nSPS) is 12.6. The first-order chi connectivity index (χ1) is 8.90. The van der Waals surface area contributed by atoms with Gasteiger partial charge in [-0.25, -0.2) is 22.5 Å². The highest BCUT2D eigenvalue weighted by Crippen LogP contribution is 2.25. The Bertz CT molecular complexity index is 507. The lowest BCUT2D eigenvalue weighted by molar-refractivity contribution is 0.119. The number of nitrogens with one attached hydrogen (secondary N) is 1. The van der Waals surface area contributed by atoms with Gasteiger partial charge in [0, 0.05) is 24.8 Å². The number of aliphatic hydroxyl groups excluding tert-OH is 1. The van der Waals surface area contributed by atoms with Crippen molar-refractivity contribution in [1.82, 2.24) is 9.71 Å². The van der Waals surface area contributed by atoms with Crippen molar-refractivity contribution in [3.05, 3.63) is 24.1 Å². The second-order valence-corrected chi connectivity index (χ2v) is 6.16. The van der Waals surface area contributed by atoms with Crippen LogP contribution in [0.5, 0.6) is 0 Å². The van der Waals surface area contributed by atoms with Crippen LogP contribution in [0.1, 0.15) is 26.7 Å². The van der Waals surface area contributed by atoms with Crippen LogP contribution in [0.2, 0.25) is 0 Å². The van der Waals surface area contributed by atoms with Gasteiger partial charge < -0.3 is 5.11 Å². The molecule has 0 radical (unpaired) electrons. The van der Waals surface area contributed by atoms with E-state index in [2.05, 4.69) is 9.71 Å². The number of hydrogen-bond donors (Lipinski definition) is 2. The Morgan fingerprint density at radius 2 is 2.05 bits per heavy atom. The van der Waals surface area contributed by atoms with Crippen molar-refractivity contribution in [2.45, 2.75) is 31.7 Å². The molecule has 0 aliphatic heterocycles. The van der Waals surface area contributed by atoms with Gasteiger partial charge in [0.1, 0.15) is 0 Å². The minimum Gasteiger partial charge on any atom is -0.396 e. The Labute approximate surface area is 112 Å². The molecule has 19 heavy (non-hydrogen) atoms. The number of sulfonamides is 1. The molecule has 0 aliphatic carbocycles. The maximum Gasteiger partial charge on any atom is 0.261 e. The van der Waals surface area contributed by atoms with E-state index in [1.165, 1.54) is 12.3 Å². The molecule has 1 heterocycles. The predicted molar refractivity (Wildman–Crippen MR) is 69.5 cm³/mol. The van der Waals surface area contributed by atoms with Gasteiger partial charge in [0.2, 0.25) is 5.03 Å². The second kappa shape index (κ2) is 6.40. The standard InChI is InChI=1S/C12H19FN2O3S/c1-3-12(4-2,9-16)8-15-19(17,18)11-10(13)6-5-7-14-11/h5-7,15-16H,3-4,8-9H2,1-2H3. The van der Waals surface area contributed by atoms with Crippen molar-refractivity contribution >= 4 is 10.0 Å². The minimum absolute atomic E-state index is 0.0504. The number of aromatic nitrogens is 1. The topological polar surface area (TPSA) is 79.3 Å². The number of pyridine rings is 1. The molecule has 1 aromatic rings. The zero-order valence-electron chi connectivity index (χ0n) is 11.1. The van der Waals surface area contributed by atoms with Crippen LogP contribution in [0.3, 0.4) is 0 Å². The minimum atomic E-state index is -4.00. The third kappa shape index (κ3) is 3.71. The van der Waals surface area contributed by atoms with E-state index in [0.717, 1.165) is 6.07 Å². The highest BCUT2D eigenvalue weighted by Gasteiger charge is 2.29. The Hall–Kier alpha value is -1.05. The zero-order chi connectivity index (χ0) is 14.5. The van der Waals surface area contributed by atoms with E-state index in [1.807, 2.05) is 13.8 Å². The van der Waals surface area contributed by atoms with Crippen molar-refractivity contribution in [3.63, 3.8) is 0 Å². The summed E-state index contributed by atoms with van der Waals surface area (Å²) in [5.41, 5.74) is -0.529. The second-order valence-electron chi connectivity index (χ2n) is 4.48. The molecule has 7 heteroatoms. The van der Waals surface area contributed by atoms with E-state index in [4.69, 9.17) is 0 Å². The molecule has 0 atom stereocenters. The van der Waals surface area contributed by atoms with Crippen LogP contribution >= 0.6 is 0 Å². The van der Waals surface area contributed by atoms with Crippen LogP contribution in [0.25, 0.3) is 0 Å². The van der Waals surface area contributed by atoms with Crippen LogP contribution in [-0.2, 0) is 10.0 Å². The summed E-state index contributed by atoms with van der Waals surface area (Å²) in [5.74, 6) is -0.891. The largest absolute Gasteiger partial charge is 0.396 e. The van der Waals surface area contributed by atoms with Crippen LogP contribution in [0, 0.1) is 11.2 Å². The van der Waals surface area contributed by atoms with Crippen molar-refractivity contribution in [2.24, 2.45) is 5.41 Å². The van der Waals surface area contributed by atoms with Gasteiger partial charge >= 0.3 is 0 Å². The molecule has 108 valence electrons. The molecule has 0 amide bonds. The summed E-state index contributed by atoms with van der Waals surface area (Å²) in [4.78, 5) is 3.54. The first-order valence-corrected chi connectivity index (χ1v) is 7.60. The molecule has 0 aliphatic rings. The Balaban J connectivity index is 2.90. The quantitative estimate of drug-likeness (QED) is 0.793. The maximum atomic E-state index is 13.4. The van der Waals surface area contributed by atoms with Gasteiger partial charge in [-0.2, -0.15) is 0 Å². The number of hydrogen-bond acceptors (Lipinski definition) is 4. The molecule has 0 unspecified atom stereocenters. The van der Waals surface area contributed by atoms with Crippen LogP contribution in [-0.4, -0.2) is 31.7 Å². The van der Waals surface area contributed by atoms with Crippen LogP contribution in [0.4, 0.5) is 4.39 Å². The van der Waals surface area contributed by atoms with Gasteiger partial charge in [-0.15, -0.1) is 0 Å². The van der Waals surface area contributed by atoms with Crippen LogP contribution < -0.4 is 4.72 Å². The van der Waals surface area contributed by atoms with E-state index in [-0.39, 0.29) is 13.2 Å². The molecule has 0 fully saturated rings. The molecule has 0 bridgehead atoms. The molecule has 0 aromatic carbocycles. The monoisotopic (exact) mass is 290 g/mol. The molecular formula is C12H19FN2O3S. The number of halogens is 1. The molecule has 1 rings (SSSR count). The molecular weight excluding hydrogens is 271 g/mol. The molecule has 1 aromatic heterocycles. The Kier molecular flexibility index (Phi) is 5.39. The number of rotatable bonds is 7.